The number of benzene rings is 1. The van der Waals surface area contributed by atoms with Crippen molar-refractivity contribution in [2.24, 2.45) is 0 Å². The lowest BCUT2D eigenvalue weighted by molar-refractivity contribution is 0.409. The van der Waals surface area contributed by atoms with Gasteiger partial charge >= 0.3 is 10.1 Å². The molecule has 0 aliphatic rings. The Morgan fingerprint density at radius 2 is 1.76 bits per heavy atom. The van der Waals surface area contributed by atoms with Gasteiger partial charge in [0.15, 0.2) is 5.88 Å². The maximum atomic E-state index is 11.7. The molecule has 0 aliphatic carbocycles. The smallest absolute Gasteiger partial charge is 0.339 e. The first-order valence-electron chi connectivity index (χ1n) is 4.59. The van der Waals surface area contributed by atoms with Crippen LogP contribution in [0.15, 0.2) is 41.3 Å². The highest BCUT2D eigenvalue weighted by molar-refractivity contribution is 7.87. The topological polar surface area (TPSA) is 99.6 Å². The summed E-state index contributed by atoms with van der Waals surface area (Å²) in [4.78, 5) is 2.06. The Labute approximate surface area is 97.2 Å². The van der Waals surface area contributed by atoms with Crippen molar-refractivity contribution in [1.29, 1.82) is 0 Å². The van der Waals surface area contributed by atoms with Crippen molar-refractivity contribution < 1.29 is 22.8 Å². The Morgan fingerprint density at radius 3 is 2.29 bits per heavy atom. The third-order valence-corrected chi connectivity index (χ3v) is 3.23. The molecule has 90 valence electrons. The number of hydrogen-bond donors (Lipinski definition) is 3. The van der Waals surface area contributed by atoms with Gasteiger partial charge in [-0.25, -0.2) is 0 Å². The zero-order valence-electron chi connectivity index (χ0n) is 8.49. The molecular weight excluding hydrogens is 246 g/mol. The van der Waals surface area contributed by atoms with Gasteiger partial charge in [0.25, 0.3) is 0 Å². The second kappa shape index (κ2) is 4.02. The molecule has 1 aromatic carbocycles. The summed E-state index contributed by atoms with van der Waals surface area (Å²) in [5.74, 6) is -1.30. The van der Waals surface area contributed by atoms with E-state index in [0.717, 1.165) is 6.07 Å². The Morgan fingerprint density at radius 1 is 1.12 bits per heavy atom. The number of nitrogens with one attached hydrogen (secondary N) is 1. The molecule has 0 aliphatic heterocycles. The average molecular weight is 255 g/mol. The maximum absolute atomic E-state index is 11.7. The van der Waals surface area contributed by atoms with Crippen molar-refractivity contribution in [3.8, 4) is 17.5 Å². The van der Waals surface area contributed by atoms with Crippen LogP contribution in [0.25, 0.3) is 0 Å². The number of H-pyrrole nitrogens is 1. The van der Waals surface area contributed by atoms with E-state index in [-0.39, 0.29) is 16.5 Å². The molecule has 0 fully saturated rings. The molecule has 1 aromatic heterocycles. The second-order valence-electron chi connectivity index (χ2n) is 3.22. The molecule has 2 aromatic rings. The lowest BCUT2D eigenvalue weighted by Crippen LogP contribution is -2.09. The Balaban J connectivity index is 2.33. The quantitative estimate of drug-likeness (QED) is 0.715. The van der Waals surface area contributed by atoms with Crippen LogP contribution >= 0.6 is 0 Å². The van der Waals surface area contributed by atoms with E-state index < -0.39 is 16.0 Å². The van der Waals surface area contributed by atoms with Gasteiger partial charge in [0.2, 0.25) is 11.6 Å². The lowest BCUT2D eigenvalue weighted by atomic mass is 10.4. The summed E-state index contributed by atoms with van der Waals surface area (Å²) in [6.07, 6.45) is 0. The fourth-order valence-electron chi connectivity index (χ4n) is 1.23. The highest BCUT2D eigenvalue weighted by Crippen LogP contribution is 2.31. The summed E-state index contributed by atoms with van der Waals surface area (Å²) in [5, 5.41) is 18.2. The van der Waals surface area contributed by atoms with Gasteiger partial charge in [-0.15, -0.1) is 0 Å². The first-order chi connectivity index (χ1) is 7.99. The minimum Gasteiger partial charge on any atom is -0.494 e. The van der Waals surface area contributed by atoms with E-state index in [9.17, 15) is 13.5 Å². The summed E-state index contributed by atoms with van der Waals surface area (Å²) < 4.78 is 28.1. The molecule has 0 saturated heterocycles. The number of aromatic nitrogens is 1. The summed E-state index contributed by atoms with van der Waals surface area (Å²) in [6, 6.07) is 8.45. The van der Waals surface area contributed by atoms with Crippen molar-refractivity contribution in [1.82, 2.24) is 4.98 Å². The highest BCUT2D eigenvalue weighted by Gasteiger charge is 2.19. The van der Waals surface area contributed by atoms with Gasteiger partial charge in [-0.1, -0.05) is 18.2 Å². The molecular formula is C10H9NO5S. The molecule has 0 amide bonds. The van der Waals surface area contributed by atoms with Crippen LogP contribution in [-0.4, -0.2) is 23.6 Å². The zero-order valence-corrected chi connectivity index (χ0v) is 9.31. The van der Waals surface area contributed by atoms with Crippen LogP contribution in [0, 0.1) is 0 Å². The standard InChI is InChI=1S/C10H9NO5S/c12-9-6-8(10(13)11-9)16-17(14,15)7-4-2-1-3-5-7/h1-6,11-13H. The van der Waals surface area contributed by atoms with E-state index in [1.165, 1.54) is 12.1 Å². The fourth-order valence-corrected chi connectivity index (χ4v) is 2.18. The third kappa shape index (κ3) is 2.34. The first kappa shape index (κ1) is 11.3. The van der Waals surface area contributed by atoms with Crippen molar-refractivity contribution in [2.45, 2.75) is 4.90 Å². The molecule has 1 heterocycles. The molecule has 0 bridgehead atoms. The van der Waals surface area contributed by atoms with E-state index in [2.05, 4.69) is 9.17 Å². The Bertz CT molecular complexity index is 617. The Kier molecular flexibility index (Phi) is 2.68. The minimum atomic E-state index is -4.01. The van der Waals surface area contributed by atoms with Crippen LogP contribution in [0.3, 0.4) is 0 Å². The monoisotopic (exact) mass is 255 g/mol. The minimum absolute atomic E-state index is 0.0416. The van der Waals surface area contributed by atoms with Crippen LogP contribution in [0.2, 0.25) is 0 Å². The van der Waals surface area contributed by atoms with Gasteiger partial charge in [-0.05, 0) is 12.1 Å². The van der Waals surface area contributed by atoms with Crippen LogP contribution in [0.5, 0.6) is 17.5 Å². The maximum Gasteiger partial charge on any atom is 0.339 e. The van der Waals surface area contributed by atoms with E-state index >= 15 is 0 Å². The molecule has 0 unspecified atom stereocenters. The molecule has 2 rings (SSSR count). The van der Waals surface area contributed by atoms with Gasteiger partial charge in [0.1, 0.15) is 4.90 Å². The molecule has 0 atom stereocenters. The van der Waals surface area contributed by atoms with Crippen LogP contribution in [-0.2, 0) is 10.1 Å². The SMILES string of the molecule is O=S(=O)(Oc1cc(O)[nH]c1O)c1ccccc1. The number of aromatic hydroxyl groups is 2. The van der Waals surface area contributed by atoms with Crippen LogP contribution < -0.4 is 4.18 Å². The lowest BCUT2D eigenvalue weighted by Gasteiger charge is -2.04. The van der Waals surface area contributed by atoms with Gasteiger partial charge in [0, 0.05) is 6.07 Å². The summed E-state index contributed by atoms with van der Waals surface area (Å²) >= 11 is 0. The number of aromatic amines is 1. The summed E-state index contributed by atoms with van der Waals surface area (Å²) in [5.41, 5.74) is 0. The zero-order chi connectivity index (χ0) is 12.5. The second-order valence-corrected chi connectivity index (χ2v) is 4.76. The van der Waals surface area contributed by atoms with E-state index in [1.807, 2.05) is 0 Å². The average Bonchev–Trinajstić information content (AvgIpc) is 2.58. The molecule has 6 nitrogen and oxygen atoms in total. The Hall–Kier alpha value is -2.15. The van der Waals surface area contributed by atoms with E-state index in [0.29, 0.717) is 0 Å². The summed E-state index contributed by atoms with van der Waals surface area (Å²) in [7, 11) is -4.01. The molecule has 0 saturated carbocycles. The predicted octanol–water partition coefficient (Wildman–Crippen LogP) is 1.19. The van der Waals surface area contributed by atoms with Gasteiger partial charge < -0.3 is 14.4 Å². The third-order valence-electron chi connectivity index (χ3n) is 1.98. The molecule has 3 N–H and O–H groups in total. The van der Waals surface area contributed by atoms with Crippen molar-refractivity contribution in [3.05, 3.63) is 36.4 Å². The summed E-state index contributed by atoms with van der Waals surface area (Å²) in [6.45, 7) is 0. The van der Waals surface area contributed by atoms with Crippen molar-refractivity contribution in [2.75, 3.05) is 0 Å². The van der Waals surface area contributed by atoms with Crippen molar-refractivity contribution in [3.63, 3.8) is 0 Å². The van der Waals surface area contributed by atoms with Gasteiger partial charge in [-0.2, -0.15) is 8.42 Å². The fraction of sp³-hybridized carbons (Fsp3) is 0. The molecule has 0 radical (unpaired) electrons. The largest absolute Gasteiger partial charge is 0.494 e. The molecule has 17 heavy (non-hydrogen) atoms. The van der Waals surface area contributed by atoms with Gasteiger partial charge in [-0.3, -0.25) is 4.98 Å². The molecule has 7 heteroatoms. The highest BCUT2D eigenvalue weighted by atomic mass is 32.2. The van der Waals surface area contributed by atoms with Crippen LogP contribution in [0.1, 0.15) is 0 Å². The predicted molar refractivity (Wildman–Crippen MR) is 58.4 cm³/mol. The number of rotatable bonds is 3. The normalized spacial score (nSPS) is 11.3. The van der Waals surface area contributed by atoms with E-state index in [4.69, 9.17) is 5.11 Å². The molecule has 0 spiro atoms. The van der Waals surface area contributed by atoms with Crippen molar-refractivity contribution >= 4 is 10.1 Å². The number of hydrogen-bond acceptors (Lipinski definition) is 5. The van der Waals surface area contributed by atoms with E-state index in [1.54, 1.807) is 18.2 Å². The first-order valence-corrected chi connectivity index (χ1v) is 6.00. The van der Waals surface area contributed by atoms with Crippen LogP contribution in [0.4, 0.5) is 0 Å². The van der Waals surface area contributed by atoms with Gasteiger partial charge in [0.05, 0.1) is 0 Å².